The molecule has 4 nitrogen and oxygen atoms in total. The molecular weight excluding hydrogens is 375 g/mol. The third kappa shape index (κ3) is 6.92. The molecule has 160 valence electrons. The van der Waals surface area contributed by atoms with Crippen molar-refractivity contribution in [1.29, 1.82) is 0 Å². The Kier molecular flexibility index (Phi) is 8.27. The lowest BCUT2D eigenvalue weighted by molar-refractivity contribution is -0.294. The van der Waals surface area contributed by atoms with Gasteiger partial charge in [-0.3, -0.25) is 4.79 Å². The van der Waals surface area contributed by atoms with Crippen molar-refractivity contribution < 1.29 is 41.0 Å². The number of carbonyl (C=O) groups is 2. The number of hydrogen-bond acceptors (Lipinski definition) is 4. The van der Waals surface area contributed by atoms with Gasteiger partial charge in [0, 0.05) is 0 Å². The molecule has 0 spiro atoms. The molecule has 27 heavy (non-hydrogen) atoms. The van der Waals surface area contributed by atoms with Crippen LogP contribution in [0.3, 0.4) is 0 Å². The summed E-state index contributed by atoms with van der Waals surface area (Å²) in [5, 5.41) is 0. The average molecular weight is 404 g/mol. The Balaban J connectivity index is 5.07. The summed E-state index contributed by atoms with van der Waals surface area (Å²) >= 11 is 0. The fraction of sp³-hybridized carbons (Fsp3) is 0.889. The summed E-state index contributed by atoms with van der Waals surface area (Å²) in [4.78, 5) is 24.3. The molecule has 0 aliphatic heterocycles. The quantitative estimate of drug-likeness (QED) is 0.394. The first-order valence-corrected chi connectivity index (χ1v) is 8.72. The van der Waals surface area contributed by atoms with Gasteiger partial charge in [0.2, 0.25) is 0 Å². The van der Waals surface area contributed by atoms with Gasteiger partial charge in [-0.25, -0.2) is 4.79 Å². The van der Waals surface area contributed by atoms with Crippen molar-refractivity contribution in [3.63, 3.8) is 0 Å². The zero-order valence-corrected chi connectivity index (χ0v) is 16.8. The Labute approximate surface area is 156 Å². The van der Waals surface area contributed by atoms with Crippen molar-refractivity contribution >= 4 is 11.9 Å². The summed E-state index contributed by atoms with van der Waals surface area (Å²) in [5.41, 5.74) is -1.17. The lowest BCUT2D eigenvalue weighted by Gasteiger charge is -2.38. The summed E-state index contributed by atoms with van der Waals surface area (Å²) in [5.74, 6) is -7.53. The van der Waals surface area contributed by atoms with E-state index in [9.17, 15) is 31.5 Å². The summed E-state index contributed by atoms with van der Waals surface area (Å²) in [6, 6.07) is 0. The second kappa shape index (κ2) is 8.73. The van der Waals surface area contributed by atoms with Gasteiger partial charge in [0.25, 0.3) is 0 Å². The van der Waals surface area contributed by atoms with Gasteiger partial charge in [-0.15, -0.1) is 0 Å². The molecule has 0 radical (unpaired) electrons. The standard InChI is InChI=1S/C18H29F5O4/c1-8-15(5,6)9-16(7,11(2)3)14(25)27-12(4)13(24)26-10-17(19,20)18(21,22)23/h11-12H,8-10H2,1-7H3. The number of hydrogen-bond donors (Lipinski definition) is 0. The first kappa shape index (κ1) is 25.6. The third-order valence-electron chi connectivity index (χ3n) is 4.97. The van der Waals surface area contributed by atoms with Crippen molar-refractivity contribution in [2.45, 2.75) is 79.5 Å². The van der Waals surface area contributed by atoms with Crippen LogP contribution in [-0.2, 0) is 19.1 Å². The first-order valence-electron chi connectivity index (χ1n) is 8.72. The minimum atomic E-state index is -5.84. The lowest BCUT2D eigenvalue weighted by atomic mass is 9.67. The molecule has 2 unspecified atom stereocenters. The highest BCUT2D eigenvalue weighted by molar-refractivity contribution is 5.82. The van der Waals surface area contributed by atoms with Crippen LogP contribution in [0, 0.1) is 16.7 Å². The van der Waals surface area contributed by atoms with E-state index in [0.717, 1.165) is 13.3 Å². The second-order valence-electron chi connectivity index (χ2n) is 8.12. The number of carbonyl (C=O) groups excluding carboxylic acids is 2. The van der Waals surface area contributed by atoms with E-state index >= 15 is 0 Å². The van der Waals surface area contributed by atoms with E-state index in [2.05, 4.69) is 4.74 Å². The fourth-order valence-corrected chi connectivity index (χ4v) is 2.34. The molecule has 0 N–H and O–H groups in total. The monoisotopic (exact) mass is 404 g/mol. The molecular formula is C18H29F5O4. The molecule has 0 aromatic rings. The predicted molar refractivity (Wildman–Crippen MR) is 89.1 cm³/mol. The number of halogens is 5. The Morgan fingerprint density at radius 1 is 0.963 bits per heavy atom. The van der Waals surface area contributed by atoms with Crippen molar-refractivity contribution in [2.75, 3.05) is 6.61 Å². The highest BCUT2D eigenvalue weighted by atomic mass is 19.4. The lowest BCUT2D eigenvalue weighted by Crippen LogP contribution is -2.44. The van der Waals surface area contributed by atoms with Crippen LogP contribution in [0.5, 0.6) is 0 Å². The molecule has 0 aromatic carbocycles. The molecule has 0 amide bonds. The van der Waals surface area contributed by atoms with E-state index in [4.69, 9.17) is 4.74 Å². The van der Waals surface area contributed by atoms with Crippen LogP contribution in [0.2, 0.25) is 0 Å². The normalized spacial score (nSPS) is 16.6. The maximum absolute atomic E-state index is 12.8. The van der Waals surface area contributed by atoms with Crippen molar-refractivity contribution in [3.05, 3.63) is 0 Å². The fourth-order valence-electron chi connectivity index (χ4n) is 2.34. The predicted octanol–water partition coefficient (Wildman–Crippen LogP) is 5.15. The summed E-state index contributed by atoms with van der Waals surface area (Å²) in [6.45, 7) is 10.1. The van der Waals surface area contributed by atoms with Crippen LogP contribution in [0.15, 0.2) is 0 Å². The molecule has 0 fully saturated rings. The van der Waals surface area contributed by atoms with Gasteiger partial charge in [-0.1, -0.05) is 41.0 Å². The third-order valence-corrected chi connectivity index (χ3v) is 4.97. The Bertz CT molecular complexity index is 528. The summed E-state index contributed by atoms with van der Waals surface area (Å²) in [7, 11) is 0. The number of alkyl halides is 5. The van der Waals surface area contributed by atoms with Gasteiger partial charge in [0.05, 0.1) is 5.41 Å². The molecule has 0 aromatic heterocycles. The van der Waals surface area contributed by atoms with Gasteiger partial charge in [0.1, 0.15) is 0 Å². The van der Waals surface area contributed by atoms with Crippen LogP contribution >= 0.6 is 0 Å². The van der Waals surface area contributed by atoms with Crippen LogP contribution in [0.25, 0.3) is 0 Å². The zero-order valence-electron chi connectivity index (χ0n) is 16.8. The van der Waals surface area contributed by atoms with Crippen LogP contribution in [0.1, 0.15) is 61.3 Å². The molecule has 0 saturated carbocycles. The van der Waals surface area contributed by atoms with Gasteiger partial charge in [-0.2, -0.15) is 22.0 Å². The molecule has 0 aliphatic rings. The average Bonchev–Trinajstić information content (AvgIpc) is 2.50. The molecule has 0 saturated heterocycles. The van der Waals surface area contributed by atoms with Crippen molar-refractivity contribution in [1.82, 2.24) is 0 Å². The van der Waals surface area contributed by atoms with Gasteiger partial charge in [-0.05, 0) is 31.6 Å². The molecule has 0 bridgehead atoms. The molecule has 0 aliphatic carbocycles. The van der Waals surface area contributed by atoms with E-state index in [1.54, 1.807) is 20.8 Å². The van der Waals surface area contributed by atoms with Crippen LogP contribution in [-0.4, -0.2) is 36.7 Å². The molecule has 0 heterocycles. The highest BCUT2D eigenvalue weighted by Crippen LogP contribution is 2.42. The minimum absolute atomic E-state index is 0.159. The van der Waals surface area contributed by atoms with E-state index in [-0.39, 0.29) is 11.3 Å². The Morgan fingerprint density at radius 3 is 1.81 bits per heavy atom. The van der Waals surface area contributed by atoms with E-state index in [1.807, 2.05) is 20.8 Å². The number of esters is 2. The second-order valence-corrected chi connectivity index (χ2v) is 8.12. The maximum Gasteiger partial charge on any atom is 0.456 e. The van der Waals surface area contributed by atoms with E-state index in [1.165, 1.54) is 0 Å². The molecule has 0 rings (SSSR count). The highest BCUT2D eigenvalue weighted by Gasteiger charge is 2.58. The van der Waals surface area contributed by atoms with Gasteiger partial charge >= 0.3 is 24.0 Å². The molecule has 9 heteroatoms. The van der Waals surface area contributed by atoms with Crippen molar-refractivity contribution in [2.24, 2.45) is 16.7 Å². The van der Waals surface area contributed by atoms with E-state index in [0.29, 0.717) is 6.42 Å². The van der Waals surface area contributed by atoms with Crippen LogP contribution in [0.4, 0.5) is 22.0 Å². The summed E-state index contributed by atoms with van der Waals surface area (Å²) < 4.78 is 71.0. The number of ether oxygens (including phenoxy) is 2. The number of rotatable bonds is 9. The Morgan fingerprint density at radius 2 is 1.44 bits per heavy atom. The largest absolute Gasteiger partial charge is 0.456 e. The first-order chi connectivity index (χ1) is 11.9. The Hall–Kier alpha value is -1.41. The van der Waals surface area contributed by atoms with Crippen molar-refractivity contribution in [3.8, 4) is 0 Å². The SMILES string of the molecule is CCC(C)(C)CC(C)(C(=O)OC(C)C(=O)OCC(F)(F)C(F)(F)F)C(C)C. The smallest absolute Gasteiger partial charge is 0.456 e. The van der Waals surface area contributed by atoms with E-state index < -0.39 is 42.2 Å². The van der Waals surface area contributed by atoms with Crippen LogP contribution < -0.4 is 0 Å². The maximum atomic E-state index is 12.8. The van der Waals surface area contributed by atoms with Gasteiger partial charge < -0.3 is 9.47 Å². The topological polar surface area (TPSA) is 52.6 Å². The summed E-state index contributed by atoms with van der Waals surface area (Å²) in [6.07, 6.45) is -6.22. The molecule has 2 atom stereocenters. The minimum Gasteiger partial charge on any atom is -0.456 e. The zero-order chi connectivity index (χ0) is 21.8. The van der Waals surface area contributed by atoms with Gasteiger partial charge in [0.15, 0.2) is 12.7 Å².